The Kier molecular flexibility index (Phi) is 3.50. The van der Waals surface area contributed by atoms with Gasteiger partial charge in [-0.2, -0.15) is 0 Å². The van der Waals surface area contributed by atoms with Crippen molar-refractivity contribution < 1.29 is 9.53 Å². The molecule has 0 heterocycles. The van der Waals surface area contributed by atoms with Crippen molar-refractivity contribution in [2.45, 2.75) is 13.3 Å². The third-order valence-corrected chi connectivity index (χ3v) is 1.79. The second-order valence-corrected chi connectivity index (χ2v) is 2.84. The highest BCUT2D eigenvalue weighted by Gasteiger charge is 2.12. The number of para-hydroxylation sites is 1. The summed E-state index contributed by atoms with van der Waals surface area (Å²) in [7, 11) is 0. The zero-order valence-corrected chi connectivity index (χ0v) is 7.69. The lowest BCUT2D eigenvalue weighted by molar-refractivity contribution is -0.137. The first-order chi connectivity index (χ1) is 6.24. The van der Waals surface area contributed by atoms with Gasteiger partial charge in [-0.05, 0) is 25.5 Å². The molecule has 1 radical (unpaired) electrons. The number of ether oxygens (including phenoxy) is 1. The molecule has 1 aromatic carbocycles. The van der Waals surface area contributed by atoms with Crippen molar-refractivity contribution >= 4 is 5.97 Å². The normalized spacial score (nSPS) is 12.2. The second-order valence-electron chi connectivity index (χ2n) is 2.84. The molecule has 69 valence electrons. The smallest absolute Gasteiger partial charge is 0.314 e. The van der Waals surface area contributed by atoms with Crippen LogP contribution in [0.25, 0.3) is 0 Å². The van der Waals surface area contributed by atoms with Gasteiger partial charge in [0, 0.05) is 0 Å². The van der Waals surface area contributed by atoms with Crippen molar-refractivity contribution in [3.05, 3.63) is 37.3 Å². The van der Waals surface area contributed by atoms with Crippen molar-refractivity contribution in [2.75, 3.05) is 0 Å². The van der Waals surface area contributed by atoms with E-state index in [0.29, 0.717) is 12.2 Å². The van der Waals surface area contributed by atoms with Gasteiger partial charge in [0.05, 0.1) is 5.92 Å². The molecule has 0 saturated carbocycles. The lowest BCUT2D eigenvalue weighted by Crippen LogP contribution is -2.17. The van der Waals surface area contributed by atoms with E-state index in [9.17, 15) is 4.79 Å². The van der Waals surface area contributed by atoms with Crippen LogP contribution in [0.4, 0.5) is 0 Å². The Hall–Kier alpha value is -1.31. The predicted molar refractivity (Wildman–Crippen MR) is 51.2 cm³/mol. The van der Waals surface area contributed by atoms with Crippen LogP contribution in [0.5, 0.6) is 5.75 Å². The molecule has 0 aliphatic carbocycles. The minimum absolute atomic E-state index is 0.270. The molecule has 0 N–H and O–H groups in total. The minimum atomic E-state index is -0.278. The fraction of sp³-hybridized carbons (Fsp3) is 0.273. The van der Waals surface area contributed by atoms with Gasteiger partial charge in [-0.25, -0.2) is 0 Å². The van der Waals surface area contributed by atoms with Crippen molar-refractivity contribution in [3.8, 4) is 5.75 Å². The fourth-order valence-electron chi connectivity index (χ4n) is 0.855. The van der Waals surface area contributed by atoms with Gasteiger partial charge >= 0.3 is 5.97 Å². The maximum absolute atomic E-state index is 11.3. The molecule has 0 amide bonds. The maximum atomic E-state index is 11.3. The largest absolute Gasteiger partial charge is 0.426 e. The molecule has 1 rings (SSSR count). The van der Waals surface area contributed by atoms with Gasteiger partial charge in [0.2, 0.25) is 0 Å². The van der Waals surface area contributed by atoms with Crippen LogP contribution in [0.2, 0.25) is 0 Å². The summed E-state index contributed by atoms with van der Waals surface area (Å²) in [4.78, 5) is 11.3. The van der Waals surface area contributed by atoms with Crippen LogP contribution in [0.1, 0.15) is 13.3 Å². The van der Waals surface area contributed by atoms with Gasteiger partial charge in [0.25, 0.3) is 0 Å². The minimum Gasteiger partial charge on any atom is -0.426 e. The van der Waals surface area contributed by atoms with Crippen LogP contribution >= 0.6 is 0 Å². The van der Waals surface area contributed by atoms with Crippen LogP contribution in [0.3, 0.4) is 0 Å². The molecule has 0 fully saturated rings. The van der Waals surface area contributed by atoms with E-state index in [1.54, 1.807) is 12.1 Å². The SMILES string of the molecule is [CH2]C(CC)C(=O)Oc1ccccc1. The highest BCUT2D eigenvalue weighted by molar-refractivity contribution is 5.75. The van der Waals surface area contributed by atoms with Crippen LogP contribution in [-0.4, -0.2) is 5.97 Å². The fourth-order valence-corrected chi connectivity index (χ4v) is 0.855. The summed E-state index contributed by atoms with van der Waals surface area (Å²) in [5, 5.41) is 0. The number of rotatable bonds is 3. The van der Waals surface area contributed by atoms with Gasteiger partial charge < -0.3 is 4.74 Å². The lowest BCUT2D eigenvalue weighted by Gasteiger charge is -2.07. The van der Waals surface area contributed by atoms with Gasteiger partial charge in [-0.1, -0.05) is 25.1 Å². The Morgan fingerprint density at radius 1 is 1.46 bits per heavy atom. The van der Waals surface area contributed by atoms with Crippen LogP contribution in [-0.2, 0) is 4.79 Å². The van der Waals surface area contributed by atoms with Crippen LogP contribution in [0, 0.1) is 12.8 Å². The topological polar surface area (TPSA) is 26.3 Å². The Bertz CT molecular complexity index is 267. The van der Waals surface area contributed by atoms with Crippen molar-refractivity contribution in [2.24, 2.45) is 5.92 Å². The van der Waals surface area contributed by atoms with Crippen LogP contribution in [0.15, 0.2) is 30.3 Å². The predicted octanol–water partition coefficient (Wildman–Crippen LogP) is 2.45. The molecule has 13 heavy (non-hydrogen) atoms. The van der Waals surface area contributed by atoms with Crippen molar-refractivity contribution in [1.29, 1.82) is 0 Å². The summed E-state index contributed by atoms with van der Waals surface area (Å²) in [6.07, 6.45) is 0.700. The van der Waals surface area contributed by atoms with E-state index in [-0.39, 0.29) is 11.9 Å². The summed E-state index contributed by atoms with van der Waals surface area (Å²) < 4.78 is 5.07. The number of hydrogen-bond donors (Lipinski definition) is 0. The summed E-state index contributed by atoms with van der Waals surface area (Å²) >= 11 is 0. The average molecular weight is 177 g/mol. The summed E-state index contributed by atoms with van der Waals surface area (Å²) in [6.45, 7) is 5.58. The van der Waals surface area contributed by atoms with E-state index >= 15 is 0 Å². The Morgan fingerprint density at radius 3 is 2.62 bits per heavy atom. The standard InChI is InChI=1S/C11H13O2/c1-3-9(2)11(12)13-10-7-5-4-6-8-10/h4-9H,2-3H2,1H3. The molecule has 1 atom stereocenters. The average Bonchev–Trinajstić information content (AvgIpc) is 2.18. The van der Waals surface area contributed by atoms with Gasteiger partial charge in [0.15, 0.2) is 0 Å². The zero-order chi connectivity index (χ0) is 9.68. The first kappa shape index (κ1) is 9.78. The molecular formula is C11H13O2. The van der Waals surface area contributed by atoms with E-state index in [4.69, 9.17) is 4.74 Å². The van der Waals surface area contributed by atoms with E-state index in [0.717, 1.165) is 0 Å². The molecule has 1 aromatic rings. The second kappa shape index (κ2) is 4.65. The molecule has 0 aliphatic rings. The first-order valence-electron chi connectivity index (χ1n) is 4.34. The van der Waals surface area contributed by atoms with Crippen LogP contribution < -0.4 is 4.74 Å². The van der Waals surface area contributed by atoms with E-state index < -0.39 is 0 Å². The van der Waals surface area contributed by atoms with E-state index in [2.05, 4.69) is 6.92 Å². The highest BCUT2D eigenvalue weighted by Crippen LogP contribution is 2.11. The summed E-state index contributed by atoms with van der Waals surface area (Å²) in [5.74, 6) is 0.0310. The highest BCUT2D eigenvalue weighted by atomic mass is 16.5. The van der Waals surface area contributed by atoms with Crippen molar-refractivity contribution in [3.63, 3.8) is 0 Å². The van der Waals surface area contributed by atoms with Gasteiger partial charge in [-0.3, -0.25) is 4.79 Å². The van der Waals surface area contributed by atoms with E-state index in [1.165, 1.54) is 0 Å². The molecule has 0 aromatic heterocycles. The molecular weight excluding hydrogens is 164 g/mol. The quantitative estimate of drug-likeness (QED) is 0.523. The van der Waals surface area contributed by atoms with E-state index in [1.807, 2.05) is 25.1 Å². The Balaban J connectivity index is 2.55. The summed E-state index contributed by atoms with van der Waals surface area (Å²) in [6, 6.07) is 9.03. The molecule has 0 aliphatic heterocycles. The number of benzene rings is 1. The number of carbonyl (C=O) groups excluding carboxylic acids is 1. The van der Waals surface area contributed by atoms with Gasteiger partial charge in [-0.15, -0.1) is 0 Å². The van der Waals surface area contributed by atoms with Crippen molar-refractivity contribution in [1.82, 2.24) is 0 Å². The maximum Gasteiger partial charge on any atom is 0.314 e. The number of carbonyl (C=O) groups is 1. The number of hydrogen-bond acceptors (Lipinski definition) is 2. The third-order valence-electron chi connectivity index (χ3n) is 1.79. The number of esters is 1. The molecule has 1 unspecified atom stereocenters. The molecule has 0 saturated heterocycles. The first-order valence-corrected chi connectivity index (χ1v) is 4.34. The molecule has 0 bridgehead atoms. The lowest BCUT2D eigenvalue weighted by atomic mass is 10.1. The Labute approximate surface area is 78.5 Å². The monoisotopic (exact) mass is 177 g/mol. The third kappa shape index (κ3) is 2.90. The Morgan fingerprint density at radius 2 is 2.08 bits per heavy atom. The zero-order valence-electron chi connectivity index (χ0n) is 7.69. The molecule has 2 heteroatoms. The molecule has 2 nitrogen and oxygen atoms in total. The van der Waals surface area contributed by atoms with Gasteiger partial charge in [0.1, 0.15) is 5.75 Å². The molecule has 0 spiro atoms. The summed E-state index contributed by atoms with van der Waals surface area (Å²) in [5.41, 5.74) is 0.